The molecule has 36 heavy (non-hydrogen) atoms. The number of nitrogens with one attached hydrogen (secondary N) is 1. The predicted octanol–water partition coefficient (Wildman–Crippen LogP) is 6.67. The van der Waals surface area contributed by atoms with Crippen LogP contribution in [0.25, 0.3) is 17.0 Å². The van der Waals surface area contributed by atoms with Crippen LogP contribution in [0, 0.1) is 0 Å². The zero-order valence-corrected chi connectivity index (χ0v) is 21.3. The van der Waals surface area contributed by atoms with Gasteiger partial charge in [-0.1, -0.05) is 47.5 Å². The summed E-state index contributed by atoms with van der Waals surface area (Å²) in [6.07, 6.45) is 3.88. The molecule has 180 valence electrons. The number of methoxy groups -OCH3 is 1. The lowest BCUT2D eigenvalue weighted by Gasteiger charge is -2.08. The summed E-state index contributed by atoms with van der Waals surface area (Å²) in [6.45, 7) is 0.563. The summed E-state index contributed by atoms with van der Waals surface area (Å²) in [5.41, 5.74) is 3.93. The Morgan fingerprint density at radius 3 is 2.64 bits per heavy atom. The molecule has 1 aromatic heterocycles. The lowest BCUT2D eigenvalue weighted by Crippen LogP contribution is -2.19. The standard InChI is InChI=1S/C27H19Cl2N3O3S/c1-35-26(34)16-7-10-20(11-8-16)30-27-31-25(33)24(36-27)12-18-15-32(23-5-3-2-4-21(18)23)14-17-6-9-19(28)13-22(17)29/h2-13,15H,14H2,1H3,(H,30,31,33)/b24-12-. The summed E-state index contributed by atoms with van der Waals surface area (Å²) < 4.78 is 6.82. The molecule has 0 spiro atoms. The van der Waals surface area contributed by atoms with Gasteiger partial charge in [0, 0.05) is 39.3 Å². The number of hydrogen-bond acceptors (Lipinski definition) is 5. The van der Waals surface area contributed by atoms with E-state index in [9.17, 15) is 9.59 Å². The molecule has 1 aliphatic rings. The Labute approximate surface area is 221 Å². The molecule has 1 fully saturated rings. The summed E-state index contributed by atoms with van der Waals surface area (Å²) >= 11 is 13.7. The lowest BCUT2D eigenvalue weighted by molar-refractivity contribution is -0.115. The smallest absolute Gasteiger partial charge is 0.337 e. The van der Waals surface area contributed by atoms with Crippen LogP contribution < -0.4 is 5.32 Å². The van der Waals surface area contributed by atoms with E-state index in [1.807, 2.05) is 48.7 Å². The van der Waals surface area contributed by atoms with Crippen molar-refractivity contribution in [1.82, 2.24) is 9.88 Å². The second-order valence-corrected chi connectivity index (χ2v) is 9.86. The molecule has 1 saturated heterocycles. The van der Waals surface area contributed by atoms with Crippen LogP contribution in [0.2, 0.25) is 10.0 Å². The molecule has 0 atom stereocenters. The number of ether oxygens (including phenoxy) is 1. The van der Waals surface area contributed by atoms with E-state index in [2.05, 4.69) is 14.9 Å². The van der Waals surface area contributed by atoms with Crippen LogP contribution >= 0.6 is 35.0 Å². The average molecular weight is 536 g/mol. The molecule has 2 heterocycles. The zero-order chi connectivity index (χ0) is 25.2. The maximum atomic E-state index is 12.7. The number of carbonyl (C=O) groups is 2. The Hall–Kier alpha value is -3.52. The molecular weight excluding hydrogens is 517 g/mol. The maximum Gasteiger partial charge on any atom is 0.337 e. The van der Waals surface area contributed by atoms with Gasteiger partial charge in [0.25, 0.3) is 5.91 Å². The third-order valence-electron chi connectivity index (χ3n) is 5.63. The summed E-state index contributed by atoms with van der Waals surface area (Å²) in [5.74, 6) is -0.636. The fourth-order valence-corrected chi connectivity index (χ4v) is 5.18. The number of para-hydroxylation sites is 1. The predicted molar refractivity (Wildman–Crippen MR) is 146 cm³/mol. The molecular formula is C27H19Cl2N3O3S. The Morgan fingerprint density at radius 2 is 1.89 bits per heavy atom. The van der Waals surface area contributed by atoms with Gasteiger partial charge in [-0.2, -0.15) is 0 Å². The van der Waals surface area contributed by atoms with Gasteiger partial charge < -0.3 is 14.6 Å². The number of benzene rings is 3. The summed E-state index contributed by atoms with van der Waals surface area (Å²) in [6, 6.07) is 20.1. The number of thioether (sulfide) groups is 1. The van der Waals surface area contributed by atoms with Gasteiger partial charge in [0.1, 0.15) is 0 Å². The number of hydrogen-bond donors (Lipinski definition) is 1. The third kappa shape index (κ3) is 5.04. The molecule has 9 heteroatoms. The number of halogens is 2. The molecule has 3 aromatic carbocycles. The van der Waals surface area contributed by atoms with Crippen LogP contribution in [0.4, 0.5) is 5.69 Å². The van der Waals surface area contributed by atoms with E-state index >= 15 is 0 Å². The van der Waals surface area contributed by atoms with Gasteiger partial charge in [-0.25, -0.2) is 9.79 Å². The molecule has 0 saturated carbocycles. The highest BCUT2D eigenvalue weighted by Crippen LogP contribution is 2.32. The summed E-state index contributed by atoms with van der Waals surface area (Å²) in [7, 11) is 1.33. The van der Waals surface area contributed by atoms with Gasteiger partial charge in [0.2, 0.25) is 0 Å². The molecule has 1 aliphatic heterocycles. The van der Waals surface area contributed by atoms with Crippen molar-refractivity contribution in [2.45, 2.75) is 6.54 Å². The number of aromatic nitrogens is 1. The molecule has 1 amide bonds. The first-order chi connectivity index (χ1) is 17.4. The number of esters is 1. The fourth-order valence-electron chi connectivity index (χ4n) is 3.88. The van der Waals surface area contributed by atoms with Gasteiger partial charge in [-0.05, 0) is 65.9 Å². The monoisotopic (exact) mass is 535 g/mol. The summed E-state index contributed by atoms with van der Waals surface area (Å²) in [4.78, 5) is 29.3. The minimum Gasteiger partial charge on any atom is -0.465 e. The maximum absolute atomic E-state index is 12.7. The van der Waals surface area contributed by atoms with Crippen LogP contribution in [0.5, 0.6) is 0 Å². The topological polar surface area (TPSA) is 72.7 Å². The van der Waals surface area contributed by atoms with Crippen molar-refractivity contribution in [3.8, 4) is 0 Å². The van der Waals surface area contributed by atoms with Crippen molar-refractivity contribution in [2.75, 3.05) is 7.11 Å². The molecule has 0 unspecified atom stereocenters. The SMILES string of the molecule is COC(=O)c1ccc(N=C2NC(=O)/C(=C/c3cn(Cc4ccc(Cl)cc4Cl)c4ccccc34)S2)cc1. The highest BCUT2D eigenvalue weighted by atomic mass is 35.5. The zero-order valence-electron chi connectivity index (χ0n) is 19.0. The van der Waals surface area contributed by atoms with Gasteiger partial charge >= 0.3 is 5.97 Å². The number of aliphatic imine (C=N–C) groups is 1. The van der Waals surface area contributed by atoms with Crippen molar-refractivity contribution >= 4 is 74.7 Å². The van der Waals surface area contributed by atoms with Crippen LogP contribution in [0.3, 0.4) is 0 Å². The largest absolute Gasteiger partial charge is 0.465 e. The van der Waals surface area contributed by atoms with E-state index in [1.54, 1.807) is 30.3 Å². The second kappa shape index (κ2) is 10.2. The third-order valence-corrected chi connectivity index (χ3v) is 7.13. The van der Waals surface area contributed by atoms with Gasteiger partial charge in [0.15, 0.2) is 5.17 Å². The molecule has 0 bridgehead atoms. The average Bonchev–Trinajstić information content (AvgIpc) is 3.40. The van der Waals surface area contributed by atoms with Gasteiger partial charge in [0.05, 0.1) is 23.3 Å². The number of amides is 1. The van der Waals surface area contributed by atoms with Crippen LogP contribution in [-0.4, -0.2) is 28.7 Å². The fraction of sp³-hybridized carbons (Fsp3) is 0.0741. The van der Waals surface area contributed by atoms with Gasteiger partial charge in [-0.3, -0.25) is 4.79 Å². The van der Waals surface area contributed by atoms with Crippen LogP contribution in [0.1, 0.15) is 21.5 Å². The summed E-state index contributed by atoms with van der Waals surface area (Å²) in [5, 5.41) is 5.49. The lowest BCUT2D eigenvalue weighted by atomic mass is 10.1. The number of carbonyl (C=O) groups excluding carboxylic acids is 2. The molecule has 0 radical (unpaired) electrons. The van der Waals surface area contributed by atoms with E-state index in [1.165, 1.54) is 18.9 Å². The van der Waals surface area contributed by atoms with E-state index in [0.29, 0.717) is 37.9 Å². The Morgan fingerprint density at radius 1 is 1.11 bits per heavy atom. The second-order valence-electron chi connectivity index (χ2n) is 7.99. The highest BCUT2D eigenvalue weighted by Gasteiger charge is 2.24. The van der Waals surface area contributed by atoms with Crippen molar-refractivity contribution in [1.29, 1.82) is 0 Å². The number of fused-ring (bicyclic) bond motifs is 1. The van der Waals surface area contributed by atoms with E-state index in [-0.39, 0.29) is 5.91 Å². The number of rotatable bonds is 5. The number of nitrogens with zero attached hydrogens (tertiary/aromatic N) is 2. The van der Waals surface area contributed by atoms with Crippen molar-refractivity contribution in [2.24, 2.45) is 4.99 Å². The van der Waals surface area contributed by atoms with Crippen molar-refractivity contribution in [3.63, 3.8) is 0 Å². The molecule has 1 N–H and O–H groups in total. The van der Waals surface area contributed by atoms with Crippen LogP contribution in [0.15, 0.2) is 82.8 Å². The Kier molecular flexibility index (Phi) is 6.87. The molecule has 6 nitrogen and oxygen atoms in total. The van der Waals surface area contributed by atoms with E-state index < -0.39 is 5.97 Å². The highest BCUT2D eigenvalue weighted by molar-refractivity contribution is 8.18. The minimum absolute atomic E-state index is 0.220. The van der Waals surface area contributed by atoms with E-state index in [0.717, 1.165) is 22.0 Å². The molecule has 4 aromatic rings. The molecule has 5 rings (SSSR count). The van der Waals surface area contributed by atoms with Crippen molar-refractivity contribution in [3.05, 3.63) is 105 Å². The first-order valence-corrected chi connectivity index (χ1v) is 12.5. The normalized spacial score (nSPS) is 15.6. The molecule has 0 aliphatic carbocycles. The number of amidine groups is 1. The Balaban J connectivity index is 1.42. The Bertz CT molecular complexity index is 1560. The van der Waals surface area contributed by atoms with E-state index in [4.69, 9.17) is 27.9 Å². The minimum atomic E-state index is -0.416. The first-order valence-electron chi connectivity index (χ1n) is 10.9. The first kappa shape index (κ1) is 24.2. The van der Waals surface area contributed by atoms with Gasteiger partial charge in [-0.15, -0.1) is 0 Å². The van der Waals surface area contributed by atoms with Crippen molar-refractivity contribution < 1.29 is 14.3 Å². The quantitative estimate of drug-likeness (QED) is 0.228. The van der Waals surface area contributed by atoms with Crippen LogP contribution in [-0.2, 0) is 16.1 Å².